The molecule has 0 spiro atoms. The van der Waals surface area contributed by atoms with E-state index in [1.165, 1.54) is 44.1 Å². The van der Waals surface area contributed by atoms with Gasteiger partial charge >= 0.3 is 0 Å². The number of aliphatic hydroxyl groups is 1. The van der Waals surface area contributed by atoms with Gasteiger partial charge in [-0.1, -0.05) is 52.2 Å². The van der Waals surface area contributed by atoms with E-state index in [0.29, 0.717) is 11.7 Å². The number of fused-ring (bicyclic) bond motifs is 5. The van der Waals surface area contributed by atoms with Gasteiger partial charge < -0.3 is 5.11 Å². The van der Waals surface area contributed by atoms with E-state index >= 15 is 0 Å². The number of carbonyl (C=O) groups is 1. The Labute approximate surface area is 178 Å². The van der Waals surface area contributed by atoms with Crippen molar-refractivity contribution in [2.24, 2.45) is 40.4 Å². The predicted molar refractivity (Wildman–Crippen MR) is 120 cm³/mol. The minimum atomic E-state index is -0.526. The molecule has 0 bridgehead atoms. The van der Waals surface area contributed by atoms with E-state index in [4.69, 9.17) is 0 Å². The van der Waals surface area contributed by atoms with Crippen LogP contribution in [0.15, 0.2) is 11.6 Å². The molecule has 3 unspecified atom stereocenters. The molecule has 3 fully saturated rings. The minimum Gasteiger partial charge on any atom is -0.390 e. The van der Waals surface area contributed by atoms with Gasteiger partial charge in [0, 0.05) is 12.8 Å². The molecule has 0 saturated heterocycles. The van der Waals surface area contributed by atoms with Crippen molar-refractivity contribution in [1.82, 2.24) is 0 Å². The van der Waals surface area contributed by atoms with Crippen LogP contribution in [0.2, 0.25) is 0 Å². The van der Waals surface area contributed by atoms with Gasteiger partial charge in [0.2, 0.25) is 0 Å². The summed E-state index contributed by atoms with van der Waals surface area (Å²) in [6.45, 7) is 11.7. The van der Waals surface area contributed by atoms with Crippen molar-refractivity contribution in [2.75, 3.05) is 0 Å². The van der Waals surface area contributed by atoms with Crippen molar-refractivity contribution in [3.63, 3.8) is 0 Å². The SMILES string of the molecule is CC(C)CCC[C@](C)(O)[C@H]1CCC2C3CC=C4CC(=O)CC[C@]4(C)C3CC[C@@]21C. The Morgan fingerprint density at radius 2 is 1.93 bits per heavy atom. The molecule has 0 heterocycles. The van der Waals surface area contributed by atoms with Crippen LogP contribution < -0.4 is 0 Å². The maximum atomic E-state index is 12.1. The first-order valence-electron chi connectivity index (χ1n) is 12.5. The quantitative estimate of drug-likeness (QED) is 0.521. The van der Waals surface area contributed by atoms with Gasteiger partial charge in [0.25, 0.3) is 0 Å². The molecule has 2 heteroatoms. The van der Waals surface area contributed by atoms with Gasteiger partial charge in [-0.05, 0) is 92.3 Å². The Morgan fingerprint density at radius 3 is 2.66 bits per heavy atom. The van der Waals surface area contributed by atoms with Crippen molar-refractivity contribution >= 4 is 5.78 Å². The van der Waals surface area contributed by atoms with Gasteiger partial charge in [0.15, 0.2) is 0 Å². The summed E-state index contributed by atoms with van der Waals surface area (Å²) in [6.07, 6.45) is 14.6. The van der Waals surface area contributed by atoms with Crippen LogP contribution in [-0.2, 0) is 4.79 Å². The fourth-order valence-corrected chi connectivity index (χ4v) is 8.54. The van der Waals surface area contributed by atoms with Crippen molar-refractivity contribution < 1.29 is 9.90 Å². The minimum absolute atomic E-state index is 0.260. The van der Waals surface area contributed by atoms with E-state index in [2.05, 4.69) is 40.7 Å². The first-order valence-corrected chi connectivity index (χ1v) is 12.5. The first-order chi connectivity index (χ1) is 13.6. The van der Waals surface area contributed by atoms with E-state index in [9.17, 15) is 9.90 Å². The summed E-state index contributed by atoms with van der Waals surface area (Å²) in [6, 6.07) is 0. The normalized spacial score (nSPS) is 44.0. The lowest BCUT2D eigenvalue weighted by atomic mass is 9.47. The van der Waals surface area contributed by atoms with Crippen LogP contribution in [0, 0.1) is 40.4 Å². The summed E-state index contributed by atoms with van der Waals surface area (Å²) >= 11 is 0. The van der Waals surface area contributed by atoms with Gasteiger partial charge in [-0.25, -0.2) is 0 Å². The number of allylic oxidation sites excluding steroid dienone is 2. The molecule has 4 aliphatic rings. The highest BCUT2D eigenvalue weighted by molar-refractivity contribution is 5.82. The van der Waals surface area contributed by atoms with E-state index in [1.54, 1.807) is 0 Å². The van der Waals surface area contributed by atoms with Crippen LogP contribution in [0.25, 0.3) is 0 Å². The second-order valence-corrected chi connectivity index (χ2v) is 12.3. The summed E-state index contributed by atoms with van der Waals surface area (Å²) in [5.74, 6) is 3.87. The van der Waals surface area contributed by atoms with E-state index in [0.717, 1.165) is 55.8 Å². The molecule has 0 aromatic carbocycles. The molecule has 1 N–H and O–H groups in total. The fraction of sp³-hybridized carbons (Fsp3) is 0.889. The molecule has 4 rings (SSSR count). The third-order valence-corrected chi connectivity index (χ3v) is 10.2. The standard InChI is InChI=1S/C27H44O2/c1-18(2)7-6-14-27(5,29)24-11-10-22-21-9-8-19-17-20(28)12-15-25(19,3)23(21)13-16-26(22,24)4/h8,18,21-24,29H,6-7,9-17H2,1-5H3/t21?,22?,23?,24-,25-,26-,27-/m0/s1. The van der Waals surface area contributed by atoms with Crippen LogP contribution in [0.5, 0.6) is 0 Å². The van der Waals surface area contributed by atoms with E-state index in [1.807, 2.05) is 0 Å². The predicted octanol–water partition coefficient (Wildman–Crippen LogP) is 6.71. The molecule has 0 aliphatic heterocycles. The number of rotatable bonds is 5. The number of hydrogen-bond acceptors (Lipinski definition) is 2. The van der Waals surface area contributed by atoms with Crippen LogP contribution in [0.1, 0.15) is 105 Å². The second kappa shape index (κ2) is 7.50. The third-order valence-electron chi connectivity index (χ3n) is 10.2. The monoisotopic (exact) mass is 400 g/mol. The maximum Gasteiger partial charge on any atom is 0.136 e. The topological polar surface area (TPSA) is 37.3 Å². The summed E-state index contributed by atoms with van der Waals surface area (Å²) in [7, 11) is 0. The Kier molecular flexibility index (Phi) is 5.59. The highest BCUT2D eigenvalue weighted by atomic mass is 16.3. The molecule has 2 nitrogen and oxygen atoms in total. The molecule has 29 heavy (non-hydrogen) atoms. The maximum absolute atomic E-state index is 12.1. The zero-order valence-corrected chi connectivity index (χ0v) is 19.6. The zero-order valence-electron chi connectivity index (χ0n) is 19.6. The second-order valence-electron chi connectivity index (χ2n) is 12.3. The van der Waals surface area contributed by atoms with Crippen LogP contribution in [0.3, 0.4) is 0 Å². The molecule has 0 aromatic heterocycles. The summed E-state index contributed by atoms with van der Waals surface area (Å²) in [4.78, 5) is 12.1. The van der Waals surface area contributed by atoms with Gasteiger partial charge in [0.1, 0.15) is 5.78 Å². The van der Waals surface area contributed by atoms with Gasteiger partial charge in [-0.2, -0.15) is 0 Å². The highest BCUT2D eigenvalue weighted by Gasteiger charge is 2.61. The molecular formula is C27H44O2. The smallest absolute Gasteiger partial charge is 0.136 e. The van der Waals surface area contributed by atoms with Gasteiger partial charge in [-0.3, -0.25) is 4.79 Å². The first kappa shape index (κ1) is 21.6. The van der Waals surface area contributed by atoms with Gasteiger partial charge in [-0.15, -0.1) is 0 Å². The highest BCUT2D eigenvalue weighted by Crippen LogP contribution is 2.67. The Hall–Kier alpha value is -0.630. The zero-order chi connectivity index (χ0) is 21.0. The molecular weight excluding hydrogens is 356 g/mol. The van der Waals surface area contributed by atoms with Crippen LogP contribution >= 0.6 is 0 Å². The van der Waals surface area contributed by atoms with Crippen LogP contribution in [-0.4, -0.2) is 16.5 Å². The van der Waals surface area contributed by atoms with Crippen molar-refractivity contribution in [3.05, 3.63) is 11.6 Å². The molecule has 164 valence electrons. The molecule has 0 radical (unpaired) electrons. The molecule has 7 atom stereocenters. The van der Waals surface area contributed by atoms with Crippen molar-refractivity contribution in [2.45, 2.75) is 111 Å². The number of Topliss-reactive ketones (excluding diaryl/α,β-unsaturated/α-hetero) is 1. The number of ketones is 1. The lowest BCUT2D eigenvalue weighted by molar-refractivity contribution is -0.124. The largest absolute Gasteiger partial charge is 0.390 e. The lowest BCUT2D eigenvalue weighted by Crippen LogP contribution is -2.52. The molecule has 4 aliphatic carbocycles. The van der Waals surface area contributed by atoms with Crippen LogP contribution in [0.4, 0.5) is 0 Å². The Morgan fingerprint density at radius 1 is 1.17 bits per heavy atom. The number of carbonyl (C=O) groups excluding carboxylic acids is 1. The number of hydrogen-bond donors (Lipinski definition) is 1. The van der Waals surface area contributed by atoms with Gasteiger partial charge in [0.05, 0.1) is 5.60 Å². The average Bonchev–Trinajstić information content (AvgIpc) is 3.00. The summed E-state index contributed by atoms with van der Waals surface area (Å²) in [5.41, 5.74) is 1.49. The van der Waals surface area contributed by atoms with Crippen molar-refractivity contribution in [1.29, 1.82) is 0 Å². The summed E-state index contributed by atoms with van der Waals surface area (Å²) < 4.78 is 0. The molecule has 0 amide bonds. The third kappa shape index (κ3) is 3.56. The molecule has 3 saturated carbocycles. The Balaban J connectivity index is 1.53. The Bertz CT molecular complexity index is 674. The molecule has 0 aromatic rings. The average molecular weight is 401 g/mol. The fourth-order valence-electron chi connectivity index (χ4n) is 8.54. The lowest BCUT2D eigenvalue weighted by Gasteiger charge is -2.58. The van der Waals surface area contributed by atoms with E-state index < -0.39 is 5.60 Å². The van der Waals surface area contributed by atoms with E-state index in [-0.39, 0.29) is 10.8 Å². The summed E-state index contributed by atoms with van der Waals surface area (Å²) in [5, 5.41) is 11.5. The van der Waals surface area contributed by atoms with Crippen molar-refractivity contribution in [3.8, 4) is 0 Å².